The predicted molar refractivity (Wildman–Crippen MR) is 90.1 cm³/mol. The van der Waals surface area contributed by atoms with Gasteiger partial charge in [-0.15, -0.1) is 0 Å². The standard InChI is InChI=1S/C18H23N3O3/c1-24-12-11-20-10-8-19-17(20)15-3-2-9-21(13-15)18(23)14-4-6-16(22)7-5-14/h4-8,10,15,22H,2-3,9,11-13H2,1H3. The van der Waals surface area contributed by atoms with Gasteiger partial charge in [-0.05, 0) is 37.1 Å². The van der Waals surface area contributed by atoms with Gasteiger partial charge in [0.25, 0.3) is 5.91 Å². The zero-order chi connectivity index (χ0) is 16.9. The smallest absolute Gasteiger partial charge is 0.253 e. The molecule has 1 unspecified atom stereocenters. The van der Waals surface area contributed by atoms with Gasteiger partial charge in [-0.3, -0.25) is 4.79 Å². The minimum absolute atomic E-state index is 0.00898. The van der Waals surface area contributed by atoms with E-state index >= 15 is 0 Å². The minimum atomic E-state index is 0.00898. The van der Waals surface area contributed by atoms with Gasteiger partial charge in [0.05, 0.1) is 6.61 Å². The summed E-state index contributed by atoms with van der Waals surface area (Å²) in [5.41, 5.74) is 0.608. The highest BCUT2D eigenvalue weighted by molar-refractivity contribution is 5.94. The molecule has 6 heteroatoms. The van der Waals surface area contributed by atoms with E-state index < -0.39 is 0 Å². The lowest BCUT2D eigenvalue weighted by molar-refractivity contribution is 0.0702. The van der Waals surface area contributed by atoms with Gasteiger partial charge in [-0.2, -0.15) is 0 Å². The minimum Gasteiger partial charge on any atom is -0.508 e. The van der Waals surface area contributed by atoms with Crippen LogP contribution in [0.5, 0.6) is 5.75 Å². The van der Waals surface area contributed by atoms with Crippen LogP contribution in [0.1, 0.15) is 34.9 Å². The molecule has 0 bridgehead atoms. The molecule has 1 atom stereocenters. The van der Waals surface area contributed by atoms with Crippen LogP contribution in [0.4, 0.5) is 0 Å². The Labute approximate surface area is 141 Å². The molecular weight excluding hydrogens is 306 g/mol. The van der Waals surface area contributed by atoms with E-state index in [9.17, 15) is 9.90 Å². The highest BCUT2D eigenvalue weighted by Gasteiger charge is 2.27. The van der Waals surface area contributed by atoms with Crippen molar-refractivity contribution in [3.63, 3.8) is 0 Å². The fourth-order valence-corrected chi connectivity index (χ4v) is 3.22. The summed E-state index contributed by atoms with van der Waals surface area (Å²) in [6.45, 7) is 2.85. The summed E-state index contributed by atoms with van der Waals surface area (Å²) in [6.07, 6.45) is 5.77. The van der Waals surface area contributed by atoms with Crippen LogP contribution in [0.15, 0.2) is 36.7 Å². The van der Waals surface area contributed by atoms with Gasteiger partial charge in [-0.1, -0.05) is 0 Å². The number of ether oxygens (including phenoxy) is 1. The number of carbonyl (C=O) groups excluding carboxylic acids is 1. The van der Waals surface area contributed by atoms with Crippen LogP contribution < -0.4 is 0 Å². The molecule has 0 radical (unpaired) electrons. The van der Waals surface area contributed by atoms with Crippen LogP contribution in [0.2, 0.25) is 0 Å². The number of aromatic hydroxyl groups is 1. The van der Waals surface area contributed by atoms with Crippen LogP contribution >= 0.6 is 0 Å². The third-order valence-electron chi connectivity index (χ3n) is 4.47. The first-order chi connectivity index (χ1) is 11.7. The van der Waals surface area contributed by atoms with Crippen LogP contribution in [-0.2, 0) is 11.3 Å². The van der Waals surface area contributed by atoms with Gasteiger partial charge in [0.1, 0.15) is 11.6 Å². The summed E-state index contributed by atoms with van der Waals surface area (Å²) >= 11 is 0. The van der Waals surface area contributed by atoms with E-state index in [1.165, 1.54) is 0 Å². The molecule has 0 spiro atoms. The molecule has 3 rings (SSSR count). The number of phenolic OH excluding ortho intramolecular Hbond substituents is 1. The Morgan fingerprint density at radius 1 is 1.38 bits per heavy atom. The summed E-state index contributed by atoms with van der Waals surface area (Å²) in [6, 6.07) is 6.43. The number of aromatic nitrogens is 2. The molecule has 1 aromatic carbocycles. The third kappa shape index (κ3) is 3.59. The number of likely N-dealkylation sites (tertiary alicyclic amines) is 1. The average Bonchev–Trinajstić information content (AvgIpc) is 3.08. The molecule has 1 saturated heterocycles. The average molecular weight is 329 g/mol. The van der Waals surface area contributed by atoms with Crippen LogP contribution in [0, 0.1) is 0 Å². The number of imidazole rings is 1. The molecule has 0 saturated carbocycles. The van der Waals surface area contributed by atoms with Crippen molar-refractivity contribution in [2.75, 3.05) is 26.8 Å². The summed E-state index contributed by atoms with van der Waals surface area (Å²) in [5.74, 6) is 1.44. The maximum Gasteiger partial charge on any atom is 0.253 e. The van der Waals surface area contributed by atoms with Crippen molar-refractivity contribution in [3.05, 3.63) is 48.0 Å². The first-order valence-corrected chi connectivity index (χ1v) is 8.27. The normalized spacial score (nSPS) is 17.9. The predicted octanol–water partition coefficient (Wildman–Crippen LogP) is 2.25. The summed E-state index contributed by atoms with van der Waals surface area (Å²) in [4.78, 5) is 19.1. The quantitative estimate of drug-likeness (QED) is 0.913. The van der Waals surface area contributed by atoms with E-state index in [2.05, 4.69) is 9.55 Å². The highest BCUT2D eigenvalue weighted by Crippen LogP contribution is 2.27. The van der Waals surface area contributed by atoms with Gasteiger partial charge in [0.2, 0.25) is 0 Å². The van der Waals surface area contributed by atoms with Crippen molar-refractivity contribution < 1.29 is 14.6 Å². The van der Waals surface area contributed by atoms with E-state index in [0.29, 0.717) is 18.7 Å². The Balaban J connectivity index is 1.71. The van der Waals surface area contributed by atoms with Gasteiger partial charge in [0, 0.05) is 50.6 Å². The number of hydrogen-bond donors (Lipinski definition) is 1. The Bertz CT molecular complexity index is 681. The first kappa shape index (κ1) is 16.5. The van der Waals surface area contributed by atoms with Crippen molar-refractivity contribution in [1.29, 1.82) is 0 Å². The summed E-state index contributed by atoms with van der Waals surface area (Å²) in [7, 11) is 1.69. The maximum atomic E-state index is 12.7. The van der Waals surface area contributed by atoms with Gasteiger partial charge in [0.15, 0.2) is 0 Å². The number of nitrogens with zero attached hydrogens (tertiary/aromatic N) is 3. The molecule has 24 heavy (non-hydrogen) atoms. The molecule has 128 valence electrons. The van der Waals surface area contributed by atoms with Gasteiger partial charge in [-0.25, -0.2) is 4.98 Å². The highest BCUT2D eigenvalue weighted by atomic mass is 16.5. The molecule has 1 amide bonds. The molecule has 2 aromatic rings. The van der Waals surface area contributed by atoms with Crippen LogP contribution in [0.3, 0.4) is 0 Å². The van der Waals surface area contributed by atoms with E-state index in [4.69, 9.17) is 4.74 Å². The van der Waals surface area contributed by atoms with E-state index in [1.54, 1.807) is 31.4 Å². The number of carbonyl (C=O) groups is 1. The van der Waals surface area contributed by atoms with Gasteiger partial charge >= 0.3 is 0 Å². The first-order valence-electron chi connectivity index (χ1n) is 8.27. The Hall–Kier alpha value is -2.34. The fourth-order valence-electron chi connectivity index (χ4n) is 3.22. The Kier molecular flexibility index (Phi) is 5.15. The van der Waals surface area contributed by atoms with Gasteiger partial charge < -0.3 is 19.3 Å². The van der Waals surface area contributed by atoms with E-state index in [1.807, 2.05) is 17.3 Å². The Morgan fingerprint density at radius 3 is 2.92 bits per heavy atom. The second-order valence-corrected chi connectivity index (χ2v) is 6.11. The Morgan fingerprint density at radius 2 is 2.17 bits per heavy atom. The molecule has 1 N–H and O–H groups in total. The molecule has 6 nitrogen and oxygen atoms in total. The number of methoxy groups -OCH3 is 1. The van der Waals surface area contributed by atoms with Crippen molar-refractivity contribution in [3.8, 4) is 5.75 Å². The van der Waals surface area contributed by atoms with Crippen molar-refractivity contribution >= 4 is 5.91 Å². The second-order valence-electron chi connectivity index (χ2n) is 6.11. The SMILES string of the molecule is COCCn1ccnc1C1CCCN(C(=O)c2ccc(O)cc2)C1. The monoisotopic (exact) mass is 329 g/mol. The van der Waals surface area contributed by atoms with Crippen molar-refractivity contribution in [2.45, 2.75) is 25.3 Å². The van der Waals surface area contributed by atoms with Crippen LogP contribution in [0.25, 0.3) is 0 Å². The van der Waals surface area contributed by atoms with Crippen molar-refractivity contribution in [1.82, 2.24) is 14.5 Å². The number of piperidine rings is 1. The molecule has 1 aliphatic heterocycles. The maximum absolute atomic E-state index is 12.7. The molecule has 1 fully saturated rings. The molecule has 1 aliphatic rings. The number of hydrogen-bond acceptors (Lipinski definition) is 4. The largest absolute Gasteiger partial charge is 0.508 e. The second kappa shape index (κ2) is 7.49. The number of rotatable bonds is 5. The zero-order valence-electron chi connectivity index (χ0n) is 13.9. The number of benzene rings is 1. The third-order valence-corrected chi connectivity index (χ3v) is 4.47. The van der Waals surface area contributed by atoms with E-state index in [-0.39, 0.29) is 17.6 Å². The molecular formula is C18H23N3O3. The summed E-state index contributed by atoms with van der Waals surface area (Å²) < 4.78 is 7.26. The lowest BCUT2D eigenvalue weighted by atomic mass is 9.96. The fraction of sp³-hybridized carbons (Fsp3) is 0.444. The molecule has 0 aliphatic carbocycles. The zero-order valence-corrected chi connectivity index (χ0v) is 13.9. The number of phenols is 1. The molecule has 1 aromatic heterocycles. The van der Waals surface area contributed by atoms with Crippen molar-refractivity contribution in [2.24, 2.45) is 0 Å². The summed E-state index contributed by atoms with van der Waals surface area (Å²) in [5, 5.41) is 9.37. The topological polar surface area (TPSA) is 67.6 Å². The van der Waals surface area contributed by atoms with E-state index in [0.717, 1.165) is 31.8 Å². The lowest BCUT2D eigenvalue weighted by Crippen LogP contribution is -2.39. The molecule has 2 heterocycles. The van der Waals surface area contributed by atoms with Crippen LogP contribution in [-0.4, -0.2) is 52.3 Å². The lowest BCUT2D eigenvalue weighted by Gasteiger charge is -2.32. The number of amides is 1.